The Morgan fingerprint density at radius 3 is 2.53 bits per heavy atom. The monoisotopic (exact) mass is 270 g/mol. The summed E-state index contributed by atoms with van der Waals surface area (Å²) in [6.45, 7) is 5.43. The average molecular weight is 271 g/mol. The van der Waals surface area contributed by atoms with Crippen molar-refractivity contribution in [1.82, 2.24) is 0 Å². The molecule has 0 aromatic heterocycles. The van der Waals surface area contributed by atoms with E-state index in [0.717, 1.165) is 0 Å². The number of esters is 1. The van der Waals surface area contributed by atoms with Gasteiger partial charge in [0.15, 0.2) is 0 Å². The van der Waals surface area contributed by atoms with Gasteiger partial charge in [0.2, 0.25) is 0 Å². The first-order chi connectivity index (χ1) is 6.99. The maximum atomic E-state index is 11.0. The molecule has 3 nitrogen and oxygen atoms in total. The van der Waals surface area contributed by atoms with Gasteiger partial charge in [-0.1, -0.05) is 6.58 Å². The van der Waals surface area contributed by atoms with Crippen LogP contribution in [-0.4, -0.2) is 34.0 Å². The molecule has 1 unspecified atom stereocenters. The molecule has 6 heteroatoms. The Bertz CT molecular complexity index is 221. The Balaban J connectivity index is 3.61. The number of halogens is 2. The molecule has 0 fully saturated rings. The van der Waals surface area contributed by atoms with Gasteiger partial charge in [-0.25, -0.2) is 4.79 Å². The molecule has 0 aromatic carbocycles. The molecule has 0 aliphatic heterocycles. The third-order valence-electron chi connectivity index (χ3n) is 1.80. The van der Waals surface area contributed by atoms with Crippen LogP contribution in [0.2, 0.25) is 0 Å². The first-order valence-electron chi connectivity index (χ1n) is 4.62. The molecule has 0 amide bonds. The Morgan fingerprint density at radius 1 is 1.53 bits per heavy atom. The van der Waals surface area contributed by atoms with E-state index in [1.54, 1.807) is 6.92 Å². The molecule has 0 aliphatic carbocycles. The third kappa shape index (κ3) is 6.95. The normalized spacial score (nSPS) is 12.8. The summed E-state index contributed by atoms with van der Waals surface area (Å²) < 4.78 is 10.1. The second-order valence-electron chi connectivity index (χ2n) is 3.17. The van der Waals surface area contributed by atoms with Crippen molar-refractivity contribution in [2.24, 2.45) is 0 Å². The number of carbonyl (C=O) groups excluding carboxylic acids is 1. The zero-order valence-electron chi connectivity index (χ0n) is 8.96. The molecule has 0 aromatic rings. The van der Waals surface area contributed by atoms with Gasteiger partial charge in [-0.05, 0) is 19.8 Å². The van der Waals surface area contributed by atoms with Crippen molar-refractivity contribution in [2.45, 2.75) is 30.7 Å². The van der Waals surface area contributed by atoms with E-state index in [0.29, 0.717) is 35.5 Å². The standard InChI is InChI=1S/C9H16Cl2O3Si/c1-6(2)9(12)13-5-3-4-7(14-15)8(10)11/h7-8H,1,3-5H2,2,15H3. The Hall–Kier alpha value is -0.0331. The van der Waals surface area contributed by atoms with Crippen LogP contribution in [0.15, 0.2) is 12.2 Å². The molecular weight excluding hydrogens is 255 g/mol. The summed E-state index contributed by atoms with van der Waals surface area (Å²) >= 11 is 11.4. The van der Waals surface area contributed by atoms with Crippen molar-refractivity contribution in [3.8, 4) is 0 Å². The van der Waals surface area contributed by atoms with E-state index in [1.165, 1.54) is 0 Å². The van der Waals surface area contributed by atoms with Gasteiger partial charge in [-0.3, -0.25) is 0 Å². The molecule has 0 saturated carbocycles. The predicted octanol–water partition coefficient (Wildman–Crippen LogP) is 1.36. The molecule has 0 heterocycles. The van der Waals surface area contributed by atoms with Gasteiger partial charge in [0, 0.05) is 5.57 Å². The molecule has 88 valence electrons. The number of hydrogen-bond donors (Lipinski definition) is 0. The zero-order chi connectivity index (χ0) is 11.8. The van der Waals surface area contributed by atoms with Crippen molar-refractivity contribution in [3.05, 3.63) is 12.2 Å². The third-order valence-corrected chi connectivity index (χ3v) is 2.97. The number of hydrogen-bond acceptors (Lipinski definition) is 3. The van der Waals surface area contributed by atoms with Crippen LogP contribution >= 0.6 is 23.2 Å². The lowest BCUT2D eigenvalue weighted by Crippen LogP contribution is -2.20. The topological polar surface area (TPSA) is 35.5 Å². The van der Waals surface area contributed by atoms with Crippen molar-refractivity contribution in [3.63, 3.8) is 0 Å². The summed E-state index contributed by atoms with van der Waals surface area (Å²) in [5.41, 5.74) is 0.401. The molecule has 0 aliphatic rings. The van der Waals surface area contributed by atoms with Crippen LogP contribution < -0.4 is 0 Å². The van der Waals surface area contributed by atoms with Crippen LogP contribution in [0.3, 0.4) is 0 Å². The van der Waals surface area contributed by atoms with Crippen LogP contribution in [0.1, 0.15) is 19.8 Å². The van der Waals surface area contributed by atoms with Crippen molar-refractivity contribution in [1.29, 1.82) is 0 Å². The van der Waals surface area contributed by atoms with Crippen LogP contribution in [0.4, 0.5) is 0 Å². The quantitative estimate of drug-likeness (QED) is 0.230. The molecule has 0 spiro atoms. The largest absolute Gasteiger partial charge is 0.462 e. The molecule has 1 atom stereocenters. The van der Waals surface area contributed by atoms with Crippen LogP contribution in [-0.2, 0) is 14.0 Å². The highest BCUT2D eigenvalue weighted by molar-refractivity contribution is 6.44. The Kier molecular flexibility index (Phi) is 8.14. The van der Waals surface area contributed by atoms with Crippen LogP contribution in [0.5, 0.6) is 0 Å². The Labute approximate surface area is 103 Å². The lowest BCUT2D eigenvalue weighted by molar-refractivity contribution is -0.139. The van der Waals surface area contributed by atoms with Crippen LogP contribution in [0, 0.1) is 0 Å². The van der Waals surface area contributed by atoms with E-state index in [9.17, 15) is 4.79 Å². The molecular formula is C9H16Cl2O3Si. The fourth-order valence-electron chi connectivity index (χ4n) is 0.919. The number of carbonyl (C=O) groups is 1. The van der Waals surface area contributed by atoms with E-state index in [2.05, 4.69) is 6.58 Å². The Morgan fingerprint density at radius 2 is 2.13 bits per heavy atom. The van der Waals surface area contributed by atoms with Gasteiger partial charge < -0.3 is 9.16 Å². The fraction of sp³-hybridized carbons (Fsp3) is 0.667. The number of rotatable bonds is 7. The average Bonchev–Trinajstić information content (AvgIpc) is 2.16. The number of ether oxygens (including phenoxy) is 1. The first kappa shape index (κ1) is 15.0. The maximum Gasteiger partial charge on any atom is 0.333 e. The summed E-state index contributed by atoms with van der Waals surface area (Å²) in [4.78, 5) is 10.5. The minimum atomic E-state index is -0.528. The van der Waals surface area contributed by atoms with Gasteiger partial charge in [0.1, 0.15) is 15.3 Å². The van der Waals surface area contributed by atoms with E-state index in [1.807, 2.05) is 0 Å². The SMILES string of the molecule is C=C(C)C(=O)OCCCC(O[SiH3])C(Cl)Cl. The summed E-state index contributed by atoms with van der Waals surface area (Å²) in [6, 6.07) is 0. The van der Waals surface area contributed by atoms with E-state index >= 15 is 0 Å². The second-order valence-corrected chi connectivity index (χ2v) is 4.80. The highest BCUT2D eigenvalue weighted by Crippen LogP contribution is 2.15. The minimum absolute atomic E-state index is 0.163. The van der Waals surface area contributed by atoms with E-state index in [4.69, 9.17) is 32.4 Å². The minimum Gasteiger partial charge on any atom is -0.462 e. The summed E-state index contributed by atoms with van der Waals surface area (Å²) in [7, 11) is 0.591. The van der Waals surface area contributed by atoms with Gasteiger partial charge in [0.25, 0.3) is 0 Å². The fourth-order valence-corrected chi connectivity index (χ4v) is 2.23. The molecule has 15 heavy (non-hydrogen) atoms. The van der Waals surface area contributed by atoms with Gasteiger partial charge in [-0.15, -0.1) is 23.2 Å². The second kappa shape index (κ2) is 8.16. The highest BCUT2D eigenvalue weighted by atomic mass is 35.5. The van der Waals surface area contributed by atoms with Crippen molar-refractivity contribution < 1.29 is 14.0 Å². The van der Waals surface area contributed by atoms with Crippen molar-refractivity contribution in [2.75, 3.05) is 6.61 Å². The van der Waals surface area contributed by atoms with E-state index < -0.39 is 4.84 Å². The van der Waals surface area contributed by atoms with Gasteiger partial charge in [-0.2, -0.15) is 0 Å². The maximum absolute atomic E-state index is 11.0. The lowest BCUT2D eigenvalue weighted by Gasteiger charge is -2.16. The summed E-state index contributed by atoms with van der Waals surface area (Å²) in [5, 5.41) is 0. The highest BCUT2D eigenvalue weighted by Gasteiger charge is 2.15. The molecule has 0 rings (SSSR count). The summed E-state index contributed by atoms with van der Waals surface area (Å²) in [5.74, 6) is -0.369. The lowest BCUT2D eigenvalue weighted by atomic mass is 10.2. The smallest absolute Gasteiger partial charge is 0.333 e. The predicted molar refractivity (Wildman–Crippen MR) is 65.3 cm³/mol. The van der Waals surface area contributed by atoms with Crippen molar-refractivity contribution >= 4 is 39.7 Å². The van der Waals surface area contributed by atoms with Gasteiger partial charge in [0.05, 0.1) is 12.7 Å². The van der Waals surface area contributed by atoms with Gasteiger partial charge >= 0.3 is 5.97 Å². The molecule has 0 saturated heterocycles. The zero-order valence-corrected chi connectivity index (χ0v) is 12.5. The molecule has 0 N–H and O–H groups in total. The van der Waals surface area contributed by atoms with Crippen LogP contribution in [0.25, 0.3) is 0 Å². The summed E-state index contributed by atoms with van der Waals surface area (Å²) in [6.07, 6.45) is 1.20. The molecule has 0 bridgehead atoms. The molecule has 0 radical (unpaired) electrons. The number of alkyl halides is 2. The first-order valence-corrected chi connectivity index (χ1v) is 6.31. The van der Waals surface area contributed by atoms with E-state index in [-0.39, 0.29) is 12.1 Å².